The summed E-state index contributed by atoms with van der Waals surface area (Å²) in [5.41, 5.74) is 0.963. The molecule has 0 bridgehead atoms. The number of aromatic nitrogens is 4. The molecule has 1 saturated heterocycles. The molecule has 0 radical (unpaired) electrons. The summed E-state index contributed by atoms with van der Waals surface area (Å²) in [7, 11) is -2.38. The van der Waals surface area contributed by atoms with Gasteiger partial charge in [-0.2, -0.15) is 0 Å². The molecule has 6 N–H and O–H groups in total. The first-order valence-electron chi connectivity index (χ1n) is 12.9. The zero-order valence-corrected chi connectivity index (χ0v) is 23.6. The highest BCUT2D eigenvalue weighted by Gasteiger charge is 2.47. The highest BCUT2D eigenvalue weighted by Crippen LogP contribution is 2.32. The van der Waals surface area contributed by atoms with E-state index < -0.39 is 46.5 Å². The summed E-state index contributed by atoms with van der Waals surface area (Å²) >= 11 is 0. The molecule has 43 heavy (non-hydrogen) atoms. The highest BCUT2D eigenvalue weighted by molar-refractivity contribution is 7.92. The average Bonchev–Trinajstić information content (AvgIpc) is 3.55. The SMILES string of the molecule is CCNC(=O)[C@H]1O[C@@H](n2cnc3c(NC(=O)Nc4ccc(S(=O)(=O)Nc5ccc(OC)cc5)cc4)ncnc32)C(O)C1O. The van der Waals surface area contributed by atoms with E-state index >= 15 is 0 Å². The summed E-state index contributed by atoms with van der Waals surface area (Å²) in [4.78, 5) is 37.4. The quantitative estimate of drug-likeness (QED) is 0.157. The molecule has 2 unspecified atom stereocenters. The third-order valence-electron chi connectivity index (χ3n) is 6.48. The molecular formula is C26H28N8O8S. The standard InChI is InChI=1S/C26H28N8O8S/c1-3-27-24(37)21-19(35)20(36)25(42-21)34-13-30-18-22(28-12-29-23(18)34)32-26(38)31-14-6-10-17(11-7-14)43(39,40)33-15-4-8-16(41-2)9-5-15/h4-13,19-21,25,33,35-36H,3H2,1-2H3,(H,27,37)(H2,28,29,31,32,38)/t19?,20?,21-,25+/m0/s1. The summed E-state index contributed by atoms with van der Waals surface area (Å²) in [6, 6.07) is 11.2. The molecule has 3 heterocycles. The number of imidazole rings is 1. The van der Waals surface area contributed by atoms with Crippen LogP contribution in [0, 0.1) is 0 Å². The molecule has 1 aliphatic rings. The molecule has 1 fully saturated rings. The van der Waals surface area contributed by atoms with Gasteiger partial charge in [0.25, 0.3) is 15.9 Å². The van der Waals surface area contributed by atoms with Gasteiger partial charge in [0.1, 0.15) is 24.3 Å². The third kappa shape index (κ3) is 6.19. The second-order valence-electron chi connectivity index (χ2n) is 9.31. The van der Waals surface area contributed by atoms with Crippen molar-refractivity contribution in [1.82, 2.24) is 24.8 Å². The number of nitrogens with one attached hydrogen (secondary N) is 4. The number of rotatable bonds is 9. The van der Waals surface area contributed by atoms with E-state index in [4.69, 9.17) is 9.47 Å². The summed E-state index contributed by atoms with van der Waals surface area (Å²) in [6.07, 6.45) is -3.00. The van der Waals surface area contributed by atoms with Crippen LogP contribution in [-0.4, -0.2) is 82.1 Å². The van der Waals surface area contributed by atoms with Crippen molar-refractivity contribution in [2.24, 2.45) is 0 Å². The molecule has 2 aromatic carbocycles. The van der Waals surface area contributed by atoms with Gasteiger partial charge in [0.2, 0.25) is 0 Å². The minimum absolute atomic E-state index is 0.0202. The summed E-state index contributed by atoms with van der Waals surface area (Å²) in [5, 5.41) is 28.6. The number of hydrogen-bond donors (Lipinski definition) is 6. The van der Waals surface area contributed by atoms with Gasteiger partial charge in [0, 0.05) is 17.9 Å². The maximum absolute atomic E-state index is 12.7. The molecule has 1 aliphatic heterocycles. The normalized spacial score (nSPS) is 20.0. The van der Waals surface area contributed by atoms with Crippen molar-refractivity contribution < 1.29 is 37.7 Å². The van der Waals surface area contributed by atoms with Crippen molar-refractivity contribution in [3.63, 3.8) is 0 Å². The van der Waals surface area contributed by atoms with Gasteiger partial charge in [-0.05, 0) is 55.5 Å². The van der Waals surface area contributed by atoms with Crippen LogP contribution >= 0.6 is 0 Å². The largest absolute Gasteiger partial charge is 0.497 e. The Labute approximate surface area is 245 Å². The number of benzene rings is 2. The van der Waals surface area contributed by atoms with Crippen LogP contribution in [0.1, 0.15) is 13.2 Å². The predicted molar refractivity (Wildman–Crippen MR) is 153 cm³/mol. The molecule has 17 heteroatoms. The number of sulfonamides is 1. The summed E-state index contributed by atoms with van der Waals surface area (Å²) in [5.74, 6) is 0.0341. The number of ether oxygens (including phenoxy) is 2. The lowest BCUT2D eigenvalue weighted by molar-refractivity contribution is -0.137. The first-order valence-corrected chi connectivity index (χ1v) is 14.4. The molecule has 4 atom stereocenters. The van der Waals surface area contributed by atoms with Crippen molar-refractivity contribution in [3.05, 3.63) is 61.2 Å². The fourth-order valence-electron chi connectivity index (χ4n) is 4.37. The number of nitrogens with zero attached hydrogens (tertiary/aromatic N) is 4. The van der Waals surface area contributed by atoms with E-state index in [1.807, 2.05) is 0 Å². The maximum Gasteiger partial charge on any atom is 0.324 e. The van der Waals surface area contributed by atoms with Gasteiger partial charge in [0.05, 0.1) is 18.3 Å². The Kier molecular flexibility index (Phi) is 8.40. The smallest absolute Gasteiger partial charge is 0.324 e. The molecule has 226 valence electrons. The molecule has 4 aromatic rings. The van der Waals surface area contributed by atoms with Gasteiger partial charge < -0.3 is 30.3 Å². The Morgan fingerprint density at radius 2 is 1.67 bits per heavy atom. The van der Waals surface area contributed by atoms with E-state index in [-0.39, 0.29) is 21.9 Å². The number of amides is 3. The van der Waals surface area contributed by atoms with Crippen LogP contribution in [-0.2, 0) is 19.6 Å². The van der Waals surface area contributed by atoms with Gasteiger partial charge >= 0.3 is 6.03 Å². The molecule has 5 rings (SSSR count). The number of carbonyl (C=O) groups is 2. The van der Waals surface area contributed by atoms with Crippen molar-refractivity contribution >= 4 is 50.3 Å². The molecule has 16 nitrogen and oxygen atoms in total. The van der Waals surface area contributed by atoms with E-state index in [1.165, 1.54) is 42.3 Å². The Hall–Kier alpha value is -4.84. The lowest BCUT2D eigenvalue weighted by atomic mass is 10.1. The second kappa shape index (κ2) is 12.2. The molecule has 0 spiro atoms. The van der Waals surface area contributed by atoms with Gasteiger partial charge in [-0.15, -0.1) is 0 Å². The fraction of sp³-hybridized carbons (Fsp3) is 0.269. The lowest BCUT2D eigenvalue weighted by Gasteiger charge is -2.16. The van der Waals surface area contributed by atoms with E-state index in [0.717, 1.165) is 6.33 Å². The summed E-state index contributed by atoms with van der Waals surface area (Å²) < 4.78 is 40.0. The average molecular weight is 613 g/mol. The topological polar surface area (TPSA) is 219 Å². The molecule has 3 amide bonds. The van der Waals surface area contributed by atoms with E-state index in [2.05, 4.69) is 35.6 Å². The van der Waals surface area contributed by atoms with Crippen molar-refractivity contribution in [2.75, 3.05) is 29.0 Å². The van der Waals surface area contributed by atoms with Crippen molar-refractivity contribution in [2.45, 2.75) is 36.4 Å². The Morgan fingerprint density at radius 1 is 0.977 bits per heavy atom. The van der Waals surface area contributed by atoms with Crippen LogP contribution in [0.2, 0.25) is 0 Å². The Bertz CT molecular complexity index is 1730. The van der Waals surface area contributed by atoms with Crippen LogP contribution in [0.15, 0.2) is 66.1 Å². The molecule has 0 saturated carbocycles. The number of aliphatic hydroxyl groups excluding tert-OH is 2. The monoisotopic (exact) mass is 612 g/mol. The highest BCUT2D eigenvalue weighted by atomic mass is 32.2. The lowest BCUT2D eigenvalue weighted by Crippen LogP contribution is -2.42. The summed E-state index contributed by atoms with van der Waals surface area (Å²) in [6.45, 7) is 2.02. The first kappa shape index (κ1) is 29.6. The Morgan fingerprint density at radius 3 is 2.35 bits per heavy atom. The van der Waals surface area contributed by atoms with E-state index in [9.17, 15) is 28.2 Å². The minimum Gasteiger partial charge on any atom is -0.497 e. The number of likely N-dealkylation sites (N-methyl/N-ethyl adjacent to an activating group) is 1. The Balaban J connectivity index is 1.26. The number of hydrogen-bond acceptors (Lipinski definition) is 11. The van der Waals surface area contributed by atoms with Gasteiger partial charge in [-0.1, -0.05) is 0 Å². The van der Waals surface area contributed by atoms with E-state index in [0.29, 0.717) is 23.7 Å². The van der Waals surface area contributed by atoms with Crippen LogP contribution in [0.3, 0.4) is 0 Å². The number of methoxy groups -OCH3 is 1. The van der Waals surface area contributed by atoms with Crippen LogP contribution < -0.4 is 25.4 Å². The molecule has 0 aliphatic carbocycles. The maximum atomic E-state index is 12.7. The number of fused-ring (bicyclic) bond motifs is 1. The first-order chi connectivity index (χ1) is 20.6. The zero-order chi connectivity index (χ0) is 30.7. The van der Waals surface area contributed by atoms with Crippen LogP contribution in [0.4, 0.5) is 22.0 Å². The zero-order valence-electron chi connectivity index (χ0n) is 22.8. The third-order valence-corrected chi connectivity index (χ3v) is 7.87. The van der Waals surface area contributed by atoms with Crippen LogP contribution in [0.5, 0.6) is 5.75 Å². The van der Waals surface area contributed by atoms with Gasteiger partial charge in [-0.3, -0.25) is 19.4 Å². The second-order valence-corrected chi connectivity index (χ2v) is 11.0. The van der Waals surface area contributed by atoms with E-state index in [1.54, 1.807) is 31.2 Å². The molecular weight excluding hydrogens is 584 g/mol. The van der Waals surface area contributed by atoms with Crippen molar-refractivity contribution in [3.8, 4) is 5.75 Å². The van der Waals surface area contributed by atoms with Gasteiger partial charge in [-0.25, -0.2) is 28.2 Å². The van der Waals surface area contributed by atoms with Gasteiger partial charge in [0.15, 0.2) is 29.3 Å². The fourth-order valence-corrected chi connectivity index (χ4v) is 5.43. The number of aliphatic hydroxyl groups is 2. The van der Waals surface area contributed by atoms with Crippen LogP contribution in [0.25, 0.3) is 11.2 Å². The number of urea groups is 1. The number of anilines is 3. The predicted octanol–water partition coefficient (Wildman–Crippen LogP) is 1.03. The minimum atomic E-state index is -3.89. The van der Waals surface area contributed by atoms with Crippen molar-refractivity contribution in [1.29, 1.82) is 0 Å². The molecule has 2 aromatic heterocycles. The number of carbonyl (C=O) groups excluding carboxylic acids is 2.